The van der Waals surface area contributed by atoms with Gasteiger partial charge in [-0.15, -0.1) is 0 Å². The second kappa shape index (κ2) is 8.91. The molecule has 1 N–H and O–H groups in total. The molecule has 0 radical (unpaired) electrons. The molecule has 8 heteroatoms. The molecule has 3 aromatic rings. The number of hydrogen-bond acceptors (Lipinski definition) is 4. The van der Waals surface area contributed by atoms with Gasteiger partial charge < -0.3 is 14.5 Å². The van der Waals surface area contributed by atoms with Gasteiger partial charge in [0, 0.05) is 19.3 Å². The monoisotopic (exact) mass is 437 g/mol. The summed E-state index contributed by atoms with van der Waals surface area (Å²) in [5, 5.41) is 7.50. The van der Waals surface area contributed by atoms with Crippen LogP contribution in [0.25, 0.3) is 0 Å². The van der Waals surface area contributed by atoms with Gasteiger partial charge in [-0.1, -0.05) is 23.7 Å². The number of carbonyl (C=O) groups excluding carboxylic acids is 1. The van der Waals surface area contributed by atoms with Crippen molar-refractivity contribution in [2.24, 2.45) is 0 Å². The summed E-state index contributed by atoms with van der Waals surface area (Å²) in [6.45, 7) is 1.44. The number of amides is 1. The first kappa shape index (κ1) is 18.5. The number of furan rings is 1. The minimum atomic E-state index is -0.254. The van der Waals surface area contributed by atoms with E-state index in [1.165, 1.54) is 0 Å². The maximum Gasteiger partial charge on any atom is 0.286 e. The van der Waals surface area contributed by atoms with E-state index in [0.29, 0.717) is 29.6 Å². The molecular formula is C18H17BrClN3O3. The summed E-state index contributed by atoms with van der Waals surface area (Å²) in [6.07, 6.45) is 4.07. The van der Waals surface area contributed by atoms with Crippen LogP contribution in [0.4, 0.5) is 0 Å². The molecule has 1 amide bonds. The molecular weight excluding hydrogens is 422 g/mol. The number of nitrogens with one attached hydrogen (secondary N) is 1. The van der Waals surface area contributed by atoms with Gasteiger partial charge in [-0.05, 0) is 46.6 Å². The van der Waals surface area contributed by atoms with Gasteiger partial charge in [0.1, 0.15) is 18.1 Å². The van der Waals surface area contributed by atoms with E-state index in [2.05, 4.69) is 26.3 Å². The lowest BCUT2D eigenvalue weighted by molar-refractivity contribution is 0.0920. The van der Waals surface area contributed by atoms with E-state index >= 15 is 0 Å². The zero-order valence-corrected chi connectivity index (χ0v) is 16.2. The van der Waals surface area contributed by atoms with Crippen molar-refractivity contribution in [1.29, 1.82) is 0 Å². The second-order valence-corrected chi connectivity index (χ2v) is 6.81. The topological polar surface area (TPSA) is 69.3 Å². The van der Waals surface area contributed by atoms with Crippen molar-refractivity contribution in [3.63, 3.8) is 0 Å². The molecule has 0 fully saturated rings. The lowest BCUT2D eigenvalue weighted by Gasteiger charge is -2.06. The van der Waals surface area contributed by atoms with Crippen LogP contribution in [0.1, 0.15) is 22.7 Å². The van der Waals surface area contributed by atoms with Gasteiger partial charge in [-0.2, -0.15) is 5.10 Å². The Kier molecular flexibility index (Phi) is 6.35. The Morgan fingerprint density at radius 2 is 2.15 bits per heavy atom. The molecule has 3 rings (SSSR count). The molecule has 0 unspecified atom stereocenters. The normalized spacial score (nSPS) is 10.7. The van der Waals surface area contributed by atoms with Crippen molar-refractivity contribution < 1.29 is 13.9 Å². The smallest absolute Gasteiger partial charge is 0.286 e. The molecule has 0 saturated carbocycles. The summed E-state index contributed by atoms with van der Waals surface area (Å²) in [5.41, 5.74) is 0. The molecule has 136 valence electrons. The van der Waals surface area contributed by atoms with Gasteiger partial charge >= 0.3 is 0 Å². The number of para-hydroxylation sites is 1. The van der Waals surface area contributed by atoms with Crippen LogP contribution in [0.15, 0.2) is 57.7 Å². The van der Waals surface area contributed by atoms with Crippen LogP contribution in [0.3, 0.4) is 0 Å². The van der Waals surface area contributed by atoms with Crippen molar-refractivity contribution in [1.82, 2.24) is 15.1 Å². The van der Waals surface area contributed by atoms with Crippen molar-refractivity contribution in [3.05, 3.63) is 69.8 Å². The summed E-state index contributed by atoms with van der Waals surface area (Å²) in [6, 6.07) is 10.9. The summed E-state index contributed by atoms with van der Waals surface area (Å²) >= 11 is 9.22. The number of hydrogen-bond donors (Lipinski definition) is 1. The minimum absolute atomic E-state index is 0.246. The lowest BCUT2D eigenvalue weighted by atomic mass is 10.3. The number of rotatable bonds is 8. The van der Waals surface area contributed by atoms with Crippen molar-refractivity contribution >= 4 is 33.4 Å². The molecule has 0 spiro atoms. The van der Waals surface area contributed by atoms with E-state index in [-0.39, 0.29) is 18.3 Å². The average Bonchev–Trinajstić information content (AvgIpc) is 3.27. The molecule has 0 aliphatic rings. The van der Waals surface area contributed by atoms with Gasteiger partial charge in [-0.25, -0.2) is 0 Å². The molecule has 0 atom stereocenters. The zero-order valence-electron chi connectivity index (χ0n) is 13.8. The molecule has 6 nitrogen and oxygen atoms in total. The number of aromatic nitrogens is 2. The highest BCUT2D eigenvalue weighted by atomic mass is 79.9. The molecule has 0 bridgehead atoms. The highest BCUT2D eigenvalue weighted by Crippen LogP contribution is 2.24. The third kappa shape index (κ3) is 5.12. The van der Waals surface area contributed by atoms with Crippen LogP contribution < -0.4 is 10.1 Å². The molecule has 0 saturated heterocycles. The number of nitrogens with zero attached hydrogens (tertiary/aromatic N) is 2. The van der Waals surface area contributed by atoms with Crippen LogP contribution in [0.2, 0.25) is 5.02 Å². The Bertz CT molecular complexity index is 878. The Hall–Kier alpha value is -2.25. The molecule has 2 heterocycles. The lowest BCUT2D eigenvalue weighted by Crippen LogP contribution is -2.24. The standard InChI is InChI=1S/C18H17BrClN3O3/c19-15-4-1-2-5-16(15)25-12-14-6-7-17(26-14)18(24)21-8-3-9-23-11-13(20)10-22-23/h1-2,4-7,10-11H,3,8-9,12H2,(H,21,24). The van der Waals surface area contributed by atoms with Crippen molar-refractivity contribution in [2.75, 3.05) is 6.54 Å². The number of halogens is 2. The average molecular weight is 439 g/mol. The van der Waals surface area contributed by atoms with Crippen LogP contribution in [0.5, 0.6) is 5.75 Å². The first-order valence-electron chi connectivity index (χ1n) is 8.04. The van der Waals surface area contributed by atoms with Crippen LogP contribution in [-0.2, 0) is 13.2 Å². The number of carbonyl (C=O) groups is 1. The number of benzene rings is 1. The first-order chi connectivity index (χ1) is 12.6. The Labute approximate surface area is 164 Å². The van der Waals surface area contributed by atoms with E-state index in [1.807, 2.05) is 24.3 Å². The Morgan fingerprint density at radius 1 is 1.31 bits per heavy atom. The third-order valence-corrected chi connectivity index (χ3v) is 4.39. The summed E-state index contributed by atoms with van der Waals surface area (Å²) < 4.78 is 13.8. The fourth-order valence-electron chi connectivity index (χ4n) is 2.28. The largest absolute Gasteiger partial charge is 0.484 e. The van der Waals surface area contributed by atoms with Crippen molar-refractivity contribution in [3.8, 4) is 5.75 Å². The van der Waals surface area contributed by atoms with Crippen molar-refractivity contribution in [2.45, 2.75) is 19.6 Å². The van der Waals surface area contributed by atoms with Gasteiger partial charge in [0.2, 0.25) is 0 Å². The van der Waals surface area contributed by atoms with Gasteiger partial charge in [0.05, 0.1) is 15.7 Å². The highest BCUT2D eigenvalue weighted by molar-refractivity contribution is 9.10. The van der Waals surface area contributed by atoms with Crippen LogP contribution in [-0.4, -0.2) is 22.2 Å². The SMILES string of the molecule is O=C(NCCCn1cc(Cl)cn1)c1ccc(COc2ccccc2Br)o1. The van der Waals surface area contributed by atoms with Gasteiger partial charge in [-0.3, -0.25) is 9.48 Å². The molecule has 0 aliphatic heterocycles. The van der Waals surface area contributed by atoms with Gasteiger partial charge in [0.25, 0.3) is 5.91 Å². The third-order valence-electron chi connectivity index (χ3n) is 3.54. The first-order valence-corrected chi connectivity index (χ1v) is 9.21. The van der Waals surface area contributed by atoms with Gasteiger partial charge in [0.15, 0.2) is 5.76 Å². The fraction of sp³-hybridized carbons (Fsp3) is 0.222. The molecule has 1 aromatic carbocycles. The van der Waals surface area contributed by atoms with E-state index in [4.69, 9.17) is 20.8 Å². The second-order valence-electron chi connectivity index (χ2n) is 5.52. The maximum atomic E-state index is 12.1. The summed E-state index contributed by atoms with van der Waals surface area (Å²) in [7, 11) is 0. The minimum Gasteiger partial charge on any atom is -0.484 e. The van der Waals surface area contributed by atoms with E-state index < -0.39 is 0 Å². The Balaban J connectivity index is 1.43. The number of aryl methyl sites for hydroxylation is 1. The maximum absolute atomic E-state index is 12.1. The molecule has 2 aromatic heterocycles. The Morgan fingerprint density at radius 3 is 2.92 bits per heavy atom. The predicted octanol–water partition coefficient (Wildman–Crippen LogP) is 4.29. The predicted molar refractivity (Wildman–Crippen MR) is 101 cm³/mol. The van der Waals surface area contributed by atoms with E-state index in [0.717, 1.165) is 10.9 Å². The van der Waals surface area contributed by atoms with Crippen LogP contribution >= 0.6 is 27.5 Å². The zero-order chi connectivity index (χ0) is 18.4. The number of ether oxygens (including phenoxy) is 1. The quantitative estimate of drug-likeness (QED) is 0.533. The highest BCUT2D eigenvalue weighted by Gasteiger charge is 2.11. The van der Waals surface area contributed by atoms with E-state index in [1.54, 1.807) is 29.2 Å². The fourth-order valence-corrected chi connectivity index (χ4v) is 2.83. The molecule has 0 aliphatic carbocycles. The van der Waals surface area contributed by atoms with E-state index in [9.17, 15) is 4.79 Å². The van der Waals surface area contributed by atoms with Crippen LogP contribution in [0, 0.1) is 0 Å². The summed E-state index contributed by atoms with van der Waals surface area (Å²) in [5.74, 6) is 1.30. The summed E-state index contributed by atoms with van der Waals surface area (Å²) in [4.78, 5) is 12.1. The molecule has 26 heavy (non-hydrogen) atoms.